The number of hydrogen-bond donors (Lipinski definition) is 0. The highest BCUT2D eigenvalue weighted by molar-refractivity contribution is 9.09. The predicted molar refractivity (Wildman–Crippen MR) is 83.0 cm³/mol. The molecule has 0 N–H and O–H groups in total. The minimum atomic E-state index is 0.253. The molecule has 0 unspecified atom stereocenters. The maximum atomic E-state index is 6.16. The Balaban J connectivity index is 2.89. The second-order valence-electron chi connectivity index (χ2n) is 5.28. The molecule has 0 bridgehead atoms. The van der Waals surface area contributed by atoms with Crippen molar-refractivity contribution in [1.82, 2.24) is 0 Å². The van der Waals surface area contributed by atoms with Gasteiger partial charge in [-0.1, -0.05) is 41.9 Å². The molecular weight excluding hydrogens is 288 g/mol. The van der Waals surface area contributed by atoms with E-state index in [1.165, 1.54) is 16.7 Å². The molecule has 0 saturated heterocycles. The molecule has 0 aromatic heterocycles. The molecule has 2 heteroatoms. The van der Waals surface area contributed by atoms with E-state index in [1.54, 1.807) is 0 Å². The molecule has 0 spiro atoms. The Bertz CT molecular complexity index is 386. The molecule has 0 aliphatic heterocycles. The molecule has 1 aromatic carbocycles. The molecule has 0 amide bonds. The summed E-state index contributed by atoms with van der Waals surface area (Å²) in [6.07, 6.45) is 2.28. The van der Waals surface area contributed by atoms with E-state index < -0.39 is 0 Å². The van der Waals surface area contributed by atoms with Crippen LogP contribution in [0.15, 0.2) is 12.1 Å². The number of ether oxygens (including phenoxy) is 1. The summed E-state index contributed by atoms with van der Waals surface area (Å²) in [5.74, 6) is 1.07. The topological polar surface area (TPSA) is 9.23 Å². The zero-order valence-corrected chi connectivity index (χ0v) is 13.9. The van der Waals surface area contributed by atoms with Crippen molar-refractivity contribution in [3.63, 3.8) is 0 Å². The second-order valence-corrected chi connectivity index (χ2v) is 5.84. The fourth-order valence-electron chi connectivity index (χ4n) is 2.05. The molecule has 0 atom stereocenters. The van der Waals surface area contributed by atoms with E-state index in [2.05, 4.69) is 62.7 Å². The quantitative estimate of drug-likeness (QED) is 0.657. The lowest BCUT2D eigenvalue weighted by Crippen LogP contribution is -2.29. The first kappa shape index (κ1) is 15.6. The van der Waals surface area contributed by atoms with Crippen LogP contribution in [-0.2, 0) is 0 Å². The van der Waals surface area contributed by atoms with E-state index in [1.807, 2.05) is 0 Å². The van der Waals surface area contributed by atoms with Crippen molar-refractivity contribution < 1.29 is 4.74 Å². The van der Waals surface area contributed by atoms with Gasteiger partial charge in [-0.2, -0.15) is 0 Å². The highest BCUT2D eigenvalue weighted by Crippen LogP contribution is 2.32. The summed E-state index contributed by atoms with van der Waals surface area (Å²) < 4.78 is 6.16. The molecular formula is C16H25BrO. The molecule has 18 heavy (non-hydrogen) atoms. The van der Waals surface area contributed by atoms with Crippen molar-refractivity contribution in [3.05, 3.63) is 28.8 Å². The standard InChI is InChI=1S/C16H25BrO/c1-6-16(7-2,10-17)11-18-15-13(4)9-8-12(3)14(15)5/h8-9H,6-7,10-11H2,1-5H3. The van der Waals surface area contributed by atoms with Crippen molar-refractivity contribution >= 4 is 15.9 Å². The zero-order chi connectivity index (χ0) is 13.8. The number of alkyl halides is 1. The van der Waals surface area contributed by atoms with E-state index in [0.29, 0.717) is 0 Å². The highest BCUT2D eigenvalue weighted by atomic mass is 79.9. The van der Waals surface area contributed by atoms with Crippen LogP contribution < -0.4 is 4.74 Å². The van der Waals surface area contributed by atoms with Gasteiger partial charge in [0, 0.05) is 10.7 Å². The zero-order valence-electron chi connectivity index (χ0n) is 12.3. The third-order valence-electron chi connectivity index (χ3n) is 4.18. The van der Waals surface area contributed by atoms with Gasteiger partial charge in [0.05, 0.1) is 6.61 Å². The van der Waals surface area contributed by atoms with Gasteiger partial charge in [-0.25, -0.2) is 0 Å². The van der Waals surface area contributed by atoms with Gasteiger partial charge in [0.2, 0.25) is 0 Å². The first-order valence-electron chi connectivity index (χ1n) is 6.75. The lowest BCUT2D eigenvalue weighted by Gasteiger charge is -2.30. The third kappa shape index (κ3) is 3.28. The van der Waals surface area contributed by atoms with Crippen molar-refractivity contribution in [1.29, 1.82) is 0 Å². The van der Waals surface area contributed by atoms with Gasteiger partial charge in [0.25, 0.3) is 0 Å². The predicted octanol–water partition coefficient (Wildman–Crippen LogP) is 5.19. The maximum Gasteiger partial charge on any atom is 0.125 e. The van der Waals surface area contributed by atoms with Crippen molar-refractivity contribution in [2.24, 2.45) is 5.41 Å². The van der Waals surface area contributed by atoms with Crippen LogP contribution in [0.2, 0.25) is 0 Å². The smallest absolute Gasteiger partial charge is 0.125 e. The summed E-state index contributed by atoms with van der Waals surface area (Å²) in [6, 6.07) is 4.31. The number of rotatable bonds is 6. The Morgan fingerprint density at radius 1 is 1.06 bits per heavy atom. The molecule has 0 heterocycles. The molecule has 0 aliphatic rings. The minimum Gasteiger partial charge on any atom is -0.492 e. The molecule has 1 nitrogen and oxygen atoms in total. The summed E-state index contributed by atoms with van der Waals surface area (Å²) in [7, 11) is 0. The fourth-order valence-corrected chi connectivity index (χ4v) is 3.01. The first-order chi connectivity index (χ1) is 8.49. The van der Waals surface area contributed by atoms with E-state index >= 15 is 0 Å². The van der Waals surface area contributed by atoms with Crippen LogP contribution in [0.5, 0.6) is 5.75 Å². The number of benzene rings is 1. The number of hydrogen-bond acceptors (Lipinski definition) is 1. The number of halogens is 1. The number of aryl methyl sites for hydroxylation is 2. The van der Waals surface area contributed by atoms with E-state index in [9.17, 15) is 0 Å². The second kappa shape index (κ2) is 6.60. The normalized spacial score (nSPS) is 11.7. The van der Waals surface area contributed by atoms with Gasteiger partial charge in [0.1, 0.15) is 5.75 Å². The molecule has 0 saturated carbocycles. The maximum absolute atomic E-state index is 6.16. The third-order valence-corrected chi connectivity index (χ3v) is 5.37. The Hall–Kier alpha value is -0.500. The van der Waals surface area contributed by atoms with Crippen molar-refractivity contribution in [2.45, 2.75) is 47.5 Å². The van der Waals surface area contributed by atoms with Gasteiger partial charge in [0.15, 0.2) is 0 Å². The van der Waals surface area contributed by atoms with Crippen LogP contribution in [0, 0.1) is 26.2 Å². The molecule has 102 valence electrons. The summed E-state index contributed by atoms with van der Waals surface area (Å²) in [5.41, 5.74) is 4.05. The average molecular weight is 313 g/mol. The van der Waals surface area contributed by atoms with Crippen LogP contribution in [-0.4, -0.2) is 11.9 Å². The molecule has 1 rings (SSSR count). The van der Waals surface area contributed by atoms with Crippen LogP contribution in [0.1, 0.15) is 43.4 Å². The highest BCUT2D eigenvalue weighted by Gasteiger charge is 2.26. The van der Waals surface area contributed by atoms with Crippen LogP contribution in [0.4, 0.5) is 0 Å². The molecule has 0 fully saturated rings. The van der Waals surface area contributed by atoms with Gasteiger partial charge >= 0.3 is 0 Å². The summed E-state index contributed by atoms with van der Waals surface area (Å²) in [6.45, 7) is 11.7. The van der Waals surface area contributed by atoms with E-state index in [-0.39, 0.29) is 5.41 Å². The monoisotopic (exact) mass is 312 g/mol. The molecule has 0 radical (unpaired) electrons. The Morgan fingerprint density at radius 2 is 1.61 bits per heavy atom. The van der Waals surface area contributed by atoms with E-state index in [4.69, 9.17) is 4.74 Å². The molecule has 1 aromatic rings. The van der Waals surface area contributed by atoms with Gasteiger partial charge in [-0.05, 0) is 50.3 Å². The van der Waals surface area contributed by atoms with Crippen LogP contribution >= 0.6 is 15.9 Å². The van der Waals surface area contributed by atoms with Gasteiger partial charge in [-0.3, -0.25) is 0 Å². The summed E-state index contributed by atoms with van der Waals surface area (Å²) >= 11 is 3.64. The fraction of sp³-hybridized carbons (Fsp3) is 0.625. The van der Waals surface area contributed by atoms with E-state index in [0.717, 1.165) is 30.5 Å². The largest absolute Gasteiger partial charge is 0.492 e. The Labute approximate surface area is 120 Å². The first-order valence-corrected chi connectivity index (χ1v) is 7.87. The van der Waals surface area contributed by atoms with Crippen molar-refractivity contribution in [3.8, 4) is 5.75 Å². The van der Waals surface area contributed by atoms with Crippen LogP contribution in [0.25, 0.3) is 0 Å². The SMILES string of the molecule is CCC(CC)(CBr)COc1c(C)ccc(C)c1C. The minimum absolute atomic E-state index is 0.253. The van der Waals surface area contributed by atoms with Gasteiger partial charge in [-0.15, -0.1) is 0 Å². The Kier molecular flexibility index (Phi) is 5.71. The average Bonchev–Trinajstić information content (AvgIpc) is 2.39. The lowest BCUT2D eigenvalue weighted by atomic mass is 9.86. The lowest BCUT2D eigenvalue weighted by molar-refractivity contribution is 0.156. The molecule has 0 aliphatic carbocycles. The Morgan fingerprint density at radius 3 is 2.11 bits per heavy atom. The van der Waals surface area contributed by atoms with Gasteiger partial charge < -0.3 is 4.74 Å². The van der Waals surface area contributed by atoms with Crippen LogP contribution in [0.3, 0.4) is 0 Å². The van der Waals surface area contributed by atoms with Crippen molar-refractivity contribution in [2.75, 3.05) is 11.9 Å². The summed E-state index contributed by atoms with van der Waals surface area (Å²) in [4.78, 5) is 0. The summed E-state index contributed by atoms with van der Waals surface area (Å²) in [5, 5.41) is 0.997.